The summed E-state index contributed by atoms with van der Waals surface area (Å²) in [5.74, 6) is -0.0290. The molecule has 0 saturated carbocycles. The average Bonchev–Trinajstić information content (AvgIpc) is 2.52. The molecule has 0 saturated heterocycles. The quantitative estimate of drug-likeness (QED) is 0.699. The van der Waals surface area contributed by atoms with Crippen LogP contribution in [0.1, 0.15) is 30.3 Å². The van der Waals surface area contributed by atoms with Crippen molar-refractivity contribution < 1.29 is 4.79 Å². The van der Waals surface area contributed by atoms with E-state index in [1.165, 1.54) is 0 Å². The maximum absolute atomic E-state index is 11.3. The number of amides is 1. The molecule has 0 aliphatic heterocycles. The minimum absolute atomic E-state index is 0.207. The van der Waals surface area contributed by atoms with Crippen molar-refractivity contribution in [1.29, 1.82) is 0 Å². The van der Waals surface area contributed by atoms with E-state index in [1.54, 1.807) is 0 Å². The summed E-state index contributed by atoms with van der Waals surface area (Å²) in [5, 5.41) is 2.71. The third-order valence-corrected chi connectivity index (χ3v) is 2.09. The van der Waals surface area contributed by atoms with Gasteiger partial charge in [0.1, 0.15) is 0 Å². The molecule has 0 fully saturated rings. The number of nitrogens with two attached hydrogens (primary N) is 1. The lowest BCUT2D eigenvalue weighted by molar-refractivity contribution is 0.0950. The lowest BCUT2D eigenvalue weighted by atomic mass is 10.3. The normalized spacial score (nSPS) is 9.92. The number of carbonyl (C=O) groups excluding carboxylic acids is 1. The number of nitrogen functional groups attached to an aromatic ring is 1. The van der Waals surface area contributed by atoms with Gasteiger partial charge >= 0.3 is 0 Å². The molecule has 3 N–H and O–H groups in total. The van der Waals surface area contributed by atoms with E-state index in [-0.39, 0.29) is 17.4 Å². The largest absolute Gasteiger partial charge is 0.381 e. The summed E-state index contributed by atoms with van der Waals surface area (Å²) in [6.07, 6.45) is 2.01. The Morgan fingerprint density at radius 1 is 1.62 bits per heavy atom. The molecule has 0 unspecified atom stereocenters. The Kier molecular flexibility index (Phi) is 3.63. The predicted octanol–water partition coefficient (Wildman–Crippen LogP) is 0.650. The molecule has 0 aromatic carbocycles. The maximum Gasteiger partial charge on any atom is 0.274 e. The average molecular weight is 200 g/mol. The van der Waals surface area contributed by atoms with Gasteiger partial charge in [0.2, 0.25) is 0 Å². The molecule has 1 aromatic rings. The molecule has 1 heterocycles. The first-order chi connectivity index (χ1) is 6.25. The van der Waals surface area contributed by atoms with Gasteiger partial charge in [0.05, 0.1) is 11.7 Å². The van der Waals surface area contributed by atoms with Gasteiger partial charge in [0.25, 0.3) is 5.91 Å². The van der Waals surface area contributed by atoms with Crippen LogP contribution in [0.3, 0.4) is 0 Å². The summed E-state index contributed by atoms with van der Waals surface area (Å²) in [6.45, 7) is 2.72. The van der Waals surface area contributed by atoms with Gasteiger partial charge in [-0.3, -0.25) is 4.79 Å². The lowest BCUT2D eigenvalue weighted by Crippen LogP contribution is -2.25. The summed E-state index contributed by atoms with van der Waals surface area (Å²) in [6, 6.07) is 0. The van der Waals surface area contributed by atoms with Gasteiger partial charge in [-0.05, 0) is 6.42 Å². The minimum atomic E-state index is -0.236. The Morgan fingerprint density at radius 2 is 2.38 bits per heavy atom. The summed E-state index contributed by atoms with van der Waals surface area (Å²) in [5.41, 5.74) is 5.66. The van der Waals surface area contributed by atoms with Crippen LogP contribution in [0.2, 0.25) is 0 Å². The summed E-state index contributed by atoms with van der Waals surface area (Å²) in [4.78, 5) is 11.3. The van der Waals surface area contributed by atoms with Gasteiger partial charge in [-0.25, -0.2) is 0 Å². The molecule has 6 heteroatoms. The third-order valence-electron chi connectivity index (χ3n) is 1.54. The van der Waals surface area contributed by atoms with Crippen LogP contribution in [0, 0.1) is 0 Å². The fourth-order valence-corrected chi connectivity index (χ4v) is 1.29. The highest BCUT2D eigenvalue weighted by Crippen LogP contribution is 2.06. The number of rotatable bonds is 4. The number of aromatic nitrogens is 2. The van der Waals surface area contributed by atoms with Crippen molar-refractivity contribution in [3.05, 3.63) is 5.69 Å². The number of hydrogen-bond acceptors (Lipinski definition) is 5. The number of unbranched alkanes of at least 4 members (excludes halogenated alkanes) is 1. The van der Waals surface area contributed by atoms with Crippen LogP contribution in [0.5, 0.6) is 0 Å². The first-order valence-electron chi connectivity index (χ1n) is 4.12. The van der Waals surface area contributed by atoms with E-state index >= 15 is 0 Å². The number of carbonyl (C=O) groups is 1. The minimum Gasteiger partial charge on any atom is -0.381 e. The molecular formula is C7H12N4OS. The molecule has 72 valence electrons. The Labute approximate surface area is 80.7 Å². The lowest BCUT2D eigenvalue weighted by Gasteiger charge is -2.00. The topological polar surface area (TPSA) is 80.9 Å². The van der Waals surface area contributed by atoms with Gasteiger partial charge in [-0.1, -0.05) is 13.3 Å². The zero-order valence-corrected chi connectivity index (χ0v) is 8.23. The van der Waals surface area contributed by atoms with Crippen molar-refractivity contribution in [3.8, 4) is 0 Å². The van der Waals surface area contributed by atoms with Crippen LogP contribution < -0.4 is 11.1 Å². The molecule has 5 nitrogen and oxygen atoms in total. The molecule has 0 atom stereocenters. The van der Waals surface area contributed by atoms with Crippen LogP contribution in [-0.4, -0.2) is 21.2 Å². The second-order valence-corrected chi connectivity index (χ2v) is 3.14. The predicted molar refractivity (Wildman–Crippen MR) is 51.6 cm³/mol. The molecule has 0 radical (unpaired) electrons. The highest BCUT2D eigenvalue weighted by atomic mass is 32.1. The van der Waals surface area contributed by atoms with Crippen LogP contribution in [-0.2, 0) is 0 Å². The monoisotopic (exact) mass is 200 g/mol. The Bertz CT molecular complexity index is 286. The fourth-order valence-electron chi connectivity index (χ4n) is 0.815. The standard InChI is InChI=1S/C7H12N4OS/c1-2-3-4-9-7(12)5-6(8)11-13-10-5/h2-4H2,1H3,(H2,8,11)(H,9,12). The number of nitrogens with zero attached hydrogens (tertiary/aromatic N) is 2. The first-order valence-corrected chi connectivity index (χ1v) is 4.85. The van der Waals surface area contributed by atoms with Crippen LogP contribution in [0.4, 0.5) is 5.82 Å². The molecule has 1 rings (SSSR count). The van der Waals surface area contributed by atoms with E-state index in [2.05, 4.69) is 21.0 Å². The number of nitrogens with one attached hydrogen (secondary N) is 1. The van der Waals surface area contributed by atoms with E-state index in [0.717, 1.165) is 24.6 Å². The van der Waals surface area contributed by atoms with Crippen molar-refractivity contribution >= 4 is 23.5 Å². The molecule has 0 spiro atoms. The van der Waals surface area contributed by atoms with Gasteiger partial charge in [-0.15, -0.1) is 0 Å². The zero-order valence-electron chi connectivity index (χ0n) is 7.41. The Hall–Kier alpha value is -1.17. The molecule has 0 aliphatic carbocycles. The first kappa shape index (κ1) is 9.91. The van der Waals surface area contributed by atoms with Crippen molar-refractivity contribution in [2.75, 3.05) is 12.3 Å². The summed E-state index contributed by atoms with van der Waals surface area (Å²) in [7, 11) is 0. The van der Waals surface area contributed by atoms with Crippen molar-refractivity contribution in [2.45, 2.75) is 19.8 Å². The van der Waals surface area contributed by atoms with Crippen LogP contribution in [0.25, 0.3) is 0 Å². The van der Waals surface area contributed by atoms with Gasteiger partial charge < -0.3 is 11.1 Å². The van der Waals surface area contributed by atoms with Crippen molar-refractivity contribution in [3.63, 3.8) is 0 Å². The molecule has 13 heavy (non-hydrogen) atoms. The second kappa shape index (κ2) is 4.76. The van der Waals surface area contributed by atoms with E-state index < -0.39 is 0 Å². The second-order valence-electron chi connectivity index (χ2n) is 2.61. The number of hydrogen-bond donors (Lipinski definition) is 2. The summed E-state index contributed by atoms with van der Waals surface area (Å²) < 4.78 is 7.50. The smallest absolute Gasteiger partial charge is 0.274 e. The third kappa shape index (κ3) is 2.66. The molecule has 0 bridgehead atoms. The highest BCUT2D eigenvalue weighted by molar-refractivity contribution is 6.99. The Morgan fingerprint density at radius 3 is 2.92 bits per heavy atom. The van der Waals surface area contributed by atoms with E-state index in [1.807, 2.05) is 0 Å². The molecule has 1 aromatic heterocycles. The highest BCUT2D eigenvalue weighted by Gasteiger charge is 2.12. The van der Waals surface area contributed by atoms with Gasteiger partial charge in [0.15, 0.2) is 11.5 Å². The summed E-state index contributed by atoms with van der Waals surface area (Å²) >= 11 is 0.948. The fraction of sp³-hybridized carbons (Fsp3) is 0.571. The molecule has 0 aliphatic rings. The number of anilines is 1. The SMILES string of the molecule is CCCCNC(=O)c1nsnc1N. The Balaban J connectivity index is 2.45. The maximum atomic E-state index is 11.3. The molecule has 1 amide bonds. The zero-order chi connectivity index (χ0) is 9.68. The van der Waals surface area contributed by atoms with Crippen LogP contribution in [0.15, 0.2) is 0 Å². The van der Waals surface area contributed by atoms with E-state index in [9.17, 15) is 4.79 Å². The van der Waals surface area contributed by atoms with E-state index in [4.69, 9.17) is 5.73 Å². The van der Waals surface area contributed by atoms with Crippen LogP contribution >= 0.6 is 11.7 Å². The van der Waals surface area contributed by atoms with Gasteiger partial charge in [0, 0.05) is 6.54 Å². The molecular weight excluding hydrogens is 188 g/mol. The van der Waals surface area contributed by atoms with Gasteiger partial charge in [-0.2, -0.15) is 8.75 Å². The van der Waals surface area contributed by atoms with Crippen molar-refractivity contribution in [1.82, 2.24) is 14.1 Å². The van der Waals surface area contributed by atoms with Crippen molar-refractivity contribution in [2.24, 2.45) is 0 Å². The van der Waals surface area contributed by atoms with E-state index in [0.29, 0.717) is 6.54 Å².